The summed E-state index contributed by atoms with van der Waals surface area (Å²) in [7, 11) is 1.63. The number of hydrogen-bond donors (Lipinski definition) is 1. The summed E-state index contributed by atoms with van der Waals surface area (Å²) < 4.78 is 10.7. The van der Waals surface area contributed by atoms with Gasteiger partial charge in [-0.2, -0.15) is 5.26 Å². The topological polar surface area (TPSA) is 62.5 Å². The van der Waals surface area contributed by atoms with Gasteiger partial charge in [-0.25, -0.2) is 0 Å². The van der Waals surface area contributed by atoms with Gasteiger partial charge in [0.2, 0.25) is 0 Å². The Hall–Kier alpha value is -2.16. The molecule has 0 amide bonds. The van der Waals surface area contributed by atoms with E-state index in [-0.39, 0.29) is 6.61 Å². The standard InChI is InChI=1S/C18H19NO3S/c1-21-17-3-2-4-18(11-17)23-13-15(20)12-22-16-7-5-14(6-8-16)9-10-19/h2-8,11,15,20H,9,12-13H2,1H3/t15-/m0/s1. The van der Waals surface area contributed by atoms with Gasteiger partial charge in [0.05, 0.1) is 25.7 Å². The van der Waals surface area contributed by atoms with E-state index in [4.69, 9.17) is 14.7 Å². The molecule has 0 aliphatic carbocycles. The van der Waals surface area contributed by atoms with E-state index in [1.54, 1.807) is 18.9 Å². The molecule has 2 aromatic carbocycles. The molecular formula is C18H19NO3S. The van der Waals surface area contributed by atoms with Crippen LogP contribution < -0.4 is 9.47 Å². The van der Waals surface area contributed by atoms with E-state index in [1.165, 1.54) is 0 Å². The van der Waals surface area contributed by atoms with Crippen molar-refractivity contribution in [1.82, 2.24) is 0 Å². The highest BCUT2D eigenvalue weighted by Crippen LogP contribution is 2.23. The van der Waals surface area contributed by atoms with Crippen molar-refractivity contribution in [3.8, 4) is 17.6 Å². The zero-order valence-corrected chi connectivity index (χ0v) is 13.8. The number of benzene rings is 2. The predicted octanol–water partition coefficient (Wildman–Crippen LogP) is 3.29. The fourth-order valence-corrected chi connectivity index (χ4v) is 2.77. The lowest BCUT2D eigenvalue weighted by Crippen LogP contribution is -2.20. The third kappa shape index (κ3) is 5.85. The predicted molar refractivity (Wildman–Crippen MR) is 91.0 cm³/mol. The maximum atomic E-state index is 10.0. The molecule has 0 bridgehead atoms. The molecular weight excluding hydrogens is 310 g/mol. The van der Waals surface area contributed by atoms with Crippen molar-refractivity contribution in [2.24, 2.45) is 0 Å². The Bertz CT molecular complexity index is 652. The molecule has 1 N–H and O–H groups in total. The van der Waals surface area contributed by atoms with Crippen LogP contribution in [0.5, 0.6) is 11.5 Å². The molecule has 2 aromatic rings. The van der Waals surface area contributed by atoms with Crippen LogP contribution in [0.4, 0.5) is 0 Å². The maximum Gasteiger partial charge on any atom is 0.119 e. The van der Waals surface area contributed by atoms with Crippen molar-refractivity contribution >= 4 is 11.8 Å². The third-order valence-corrected chi connectivity index (χ3v) is 4.27. The number of ether oxygens (including phenoxy) is 2. The van der Waals surface area contributed by atoms with E-state index < -0.39 is 6.10 Å². The molecule has 0 unspecified atom stereocenters. The number of nitrogens with zero attached hydrogens (tertiary/aromatic N) is 1. The molecule has 0 fully saturated rings. The van der Waals surface area contributed by atoms with Crippen LogP contribution in [0.15, 0.2) is 53.4 Å². The Morgan fingerprint density at radius 3 is 2.65 bits per heavy atom. The first kappa shape index (κ1) is 17.2. The summed E-state index contributed by atoms with van der Waals surface area (Å²) >= 11 is 1.56. The van der Waals surface area contributed by atoms with Gasteiger partial charge in [-0.05, 0) is 35.9 Å². The van der Waals surface area contributed by atoms with Crippen molar-refractivity contribution in [2.45, 2.75) is 17.4 Å². The van der Waals surface area contributed by atoms with Gasteiger partial charge >= 0.3 is 0 Å². The van der Waals surface area contributed by atoms with Gasteiger partial charge in [0, 0.05) is 10.6 Å². The van der Waals surface area contributed by atoms with Crippen molar-refractivity contribution < 1.29 is 14.6 Å². The average molecular weight is 329 g/mol. The monoisotopic (exact) mass is 329 g/mol. The van der Waals surface area contributed by atoms with Crippen molar-refractivity contribution in [2.75, 3.05) is 19.5 Å². The first-order valence-corrected chi connectivity index (χ1v) is 8.23. The largest absolute Gasteiger partial charge is 0.497 e. The molecule has 0 aliphatic heterocycles. The Morgan fingerprint density at radius 2 is 1.96 bits per heavy atom. The van der Waals surface area contributed by atoms with Crippen LogP contribution in [0.2, 0.25) is 0 Å². The zero-order valence-electron chi connectivity index (χ0n) is 12.9. The van der Waals surface area contributed by atoms with E-state index in [0.29, 0.717) is 17.9 Å². The summed E-state index contributed by atoms with van der Waals surface area (Å²) in [6.45, 7) is 0.231. The number of hydrogen-bond acceptors (Lipinski definition) is 5. The molecule has 0 saturated carbocycles. The summed E-state index contributed by atoms with van der Waals surface area (Å²) in [6, 6.07) is 17.2. The molecule has 0 aromatic heterocycles. The SMILES string of the molecule is COc1cccc(SC[C@@H](O)COc2ccc(CC#N)cc2)c1. The molecule has 5 heteroatoms. The minimum absolute atomic E-state index is 0.231. The minimum atomic E-state index is -0.565. The second-order valence-corrected chi connectivity index (χ2v) is 6.03. The molecule has 0 heterocycles. The third-order valence-electron chi connectivity index (χ3n) is 3.13. The van der Waals surface area contributed by atoms with E-state index in [9.17, 15) is 5.11 Å². The van der Waals surface area contributed by atoms with Crippen LogP contribution in [-0.2, 0) is 6.42 Å². The summed E-state index contributed by atoms with van der Waals surface area (Å²) in [4.78, 5) is 1.05. The van der Waals surface area contributed by atoms with E-state index in [2.05, 4.69) is 6.07 Å². The number of thioether (sulfide) groups is 1. The zero-order chi connectivity index (χ0) is 16.5. The van der Waals surface area contributed by atoms with Gasteiger partial charge in [-0.1, -0.05) is 18.2 Å². The second kappa shape index (κ2) is 9.09. The summed E-state index contributed by atoms with van der Waals surface area (Å²) in [6.07, 6.45) is -0.176. The Balaban J connectivity index is 1.76. The number of nitriles is 1. The van der Waals surface area contributed by atoms with E-state index >= 15 is 0 Å². The van der Waals surface area contributed by atoms with E-state index in [0.717, 1.165) is 16.2 Å². The lowest BCUT2D eigenvalue weighted by molar-refractivity contribution is 0.126. The van der Waals surface area contributed by atoms with Crippen molar-refractivity contribution in [1.29, 1.82) is 5.26 Å². The van der Waals surface area contributed by atoms with Gasteiger partial charge in [-0.15, -0.1) is 11.8 Å². The van der Waals surface area contributed by atoms with Crippen LogP contribution >= 0.6 is 11.8 Å². The van der Waals surface area contributed by atoms with Crippen LogP contribution in [0.1, 0.15) is 5.56 Å². The number of aliphatic hydroxyl groups excluding tert-OH is 1. The second-order valence-electron chi connectivity index (χ2n) is 4.93. The van der Waals surface area contributed by atoms with Crippen LogP contribution in [-0.4, -0.2) is 30.7 Å². The van der Waals surface area contributed by atoms with Crippen LogP contribution in [0, 0.1) is 11.3 Å². The molecule has 0 saturated heterocycles. The molecule has 120 valence electrons. The molecule has 1 atom stereocenters. The Morgan fingerprint density at radius 1 is 1.17 bits per heavy atom. The summed E-state index contributed by atoms with van der Waals surface area (Å²) in [5, 5.41) is 18.6. The number of methoxy groups -OCH3 is 1. The molecule has 2 rings (SSSR count). The van der Waals surface area contributed by atoms with Gasteiger partial charge in [0.15, 0.2) is 0 Å². The highest BCUT2D eigenvalue weighted by atomic mass is 32.2. The summed E-state index contributed by atoms with van der Waals surface area (Å²) in [5.74, 6) is 2.04. The minimum Gasteiger partial charge on any atom is -0.497 e. The molecule has 0 aliphatic rings. The Labute approximate surface area is 140 Å². The Kier molecular flexibility index (Phi) is 6.79. The summed E-state index contributed by atoms with van der Waals surface area (Å²) in [5.41, 5.74) is 0.953. The van der Waals surface area contributed by atoms with Crippen LogP contribution in [0.25, 0.3) is 0 Å². The fourth-order valence-electron chi connectivity index (χ4n) is 1.92. The van der Waals surface area contributed by atoms with Gasteiger partial charge in [0.1, 0.15) is 18.1 Å². The normalized spacial score (nSPS) is 11.5. The van der Waals surface area contributed by atoms with Crippen LogP contribution in [0.3, 0.4) is 0 Å². The van der Waals surface area contributed by atoms with E-state index in [1.807, 2.05) is 48.5 Å². The first-order valence-electron chi connectivity index (χ1n) is 7.25. The fraction of sp³-hybridized carbons (Fsp3) is 0.278. The van der Waals surface area contributed by atoms with Gasteiger partial charge in [-0.3, -0.25) is 0 Å². The lowest BCUT2D eigenvalue weighted by Gasteiger charge is -2.12. The first-order chi connectivity index (χ1) is 11.2. The average Bonchev–Trinajstić information content (AvgIpc) is 2.60. The highest BCUT2D eigenvalue weighted by molar-refractivity contribution is 7.99. The molecule has 23 heavy (non-hydrogen) atoms. The van der Waals surface area contributed by atoms with Crippen molar-refractivity contribution in [3.05, 3.63) is 54.1 Å². The number of rotatable bonds is 8. The smallest absolute Gasteiger partial charge is 0.119 e. The quantitative estimate of drug-likeness (QED) is 0.753. The highest BCUT2D eigenvalue weighted by Gasteiger charge is 2.07. The number of aliphatic hydroxyl groups is 1. The van der Waals surface area contributed by atoms with Crippen molar-refractivity contribution in [3.63, 3.8) is 0 Å². The maximum absolute atomic E-state index is 10.0. The van der Waals surface area contributed by atoms with Gasteiger partial charge in [0.25, 0.3) is 0 Å². The lowest BCUT2D eigenvalue weighted by atomic mass is 10.2. The molecule has 4 nitrogen and oxygen atoms in total. The molecule has 0 radical (unpaired) electrons. The van der Waals surface area contributed by atoms with Gasteiger partial charge < -0.3 is 14.6 Å². The molecule has 0 spiro atoms.